The SMILES string of the molecule is N=C/C(=C\NCC(=O)N1CCCCC1)c1cnc2ccc(Cl)nc2c1. The monoisotopic (exact) mass is 357 g/mol. The number of piperidine rings is 1. The minimum atomic E-state index is 0.0883. The van der Waals surface area contributed by atoms with Crippen molar-refractivity contribution in [2.24, 2.45) is 0 Å². The van der Waals surface area contributed by atoms with Crippen LogP contribution in [0.5, 0.6) is 0 Å². The van der Waals surface area contributed by atoms with Crippen LogP contribution in [0.2, 0.25) is 5.15 Å². The van der Waals surface area contributed by atoms with Crippen molar-refractivity contribution in [3.63, 3.8) is 0 Å². The smallest absolute Gasteiger partial charge is 0.241 e. The molecule has 0 bridgehead atoms. The standard InChI is InChI=1S/C18H20ClN5O/c19-17-5-4-15-16(23-17)8-13(11-22-15)14(9-20)10-21-12-18(25)24-6-2-1-3-7-24/h4-5,8-11,20-21H,1-3,6-7,12H2/b14-10+,20-9?. The first-order chi connectivity index (χ1) is 12.2. The molecule has 1 saturated heterocycles. The van der Waals surface area contributed by atoms with Crippen LogP contribution in [-0.2, 0) is 4.79 Å². The van der Waals surface area contributed by atoms with Crippen LogP contribution in [-0.4, -0.2) is 46.6 Å². The van der Waals surface area contributed by atoms with E-state index in [-0.39, 0.29) is 12.5 Å². The molecule has 3 heterocycles. The number of nitrogens with zero attached hydrogens (tertiary/aromatic N) is 3. The average molecular weight is 358 g/mol. The number of carbonyl (C=O) groups excluding carboxylic acids is 1. The summed E-state index contributed by atoms with van der Waals surface area (Å²) in [4.78, 5) is 22.6. The van der Waals surface area contributed by atoms with Gasteiger partial charge in [-0.1, -0.05) is 11.6 Å². The predicted octanol–water partition coefficient (Wildman–Crippen LogP) is 2.88. The van der Waals surface area contributed by atoms with Gasteiger partial charge in [0.1, 0.15) is 5.15 Å². The maximum atomic E-state index is 12.2. The van der Waals surface area contributed by atoms with Crippen molar-refractivity contribution in [2.75, 3.05) is 19.6 Å². The number of hydrogen-bond acceptors (Lipinski definition) is 5. The number of likely N-dealkylation sites (tertiary alicyclic amines) is 1. The highest BCUT2D eigenvalue weighted by molar-refractivity contribution is 6.29. The molecule has 7 heteroatoms. The second-order valence-corrected chi connectivity index (χ2v) is 6.35. The van der Waals surface area contributed by atoms with E-state index in [1.807, 2.05) is 11.0 Å². The van der Waals surface area contributed by atoms with E-state index in [9.17, 15) is 4.79 Å². The van der Waals surface area contributed by atoms with Crippen molar-refractivity contribution in [2.45, 2.75) is 19.3 Å². The van der Waals surface area contributed by atoms with Gasteiger partial charge in [-0.05, 0) is 37.5 Å². The molecule has 0 aromatic carbocycles. The Morgan fingerprint density at radius 2 is 2.08 bits per heavy atom. The fourth-order valence-electron chi connectivity index (χ4n) is 2.85. The molecule has 2 N–H and O–H groups in total. The normalized spacial score (nSPS) is 15.2. The number of rotatable bonds is 5. The van der Waals surface area contributed by atoms with E-state index in [1.54, 1.807) is 24.5 Å². The summed E-state index contributed by atoms with van der Waals surface area (Å²) in [7, 11) is 0. The zero-order valence-electron chi connectivity index (χ0n) is 13.8. The van der Waals surface area contributed by atoms with Crippen molar-refractivity contribution < 1.29 is 4.79 Å². The Hall–Kier alpha value is -2.47. The van der Waals surface area contributed by atoms with Gasteiger partial charge >= 0.3 is 0 Å². The third-order valence-corrected chi connectivity index (χ3v) is 4.42. The molecule has 1 fully saturated rings. The number of aromatic nitrogens is 2. The van der Waals surface area contributed by atoms with Gasteiger partial charge in [0.25, 0.3) is 0 Å². The Morgan fingerprint density at radius 3 is 2.84 bits per heavy atom. The van der Waals surface area contributed by atoms with Crippen molar-refractivity contribution in [3.05, 3.63) is 41.3 Å². The van der Waals surface area contributed by atoms with Gasteiger partial charge in [0.15, 0.2) is 0 Å². The number of hydrogen-bond donors (Lipinski definition) is 2. The Morgan fingerprint density at radius 1 is 1.28 bits per heavy atom. The largest absolute Gasteiger partial charge is 0.382 e. The van der Waals surface area contributed by atoms with E-state index < -0.39 is 0 Å². The van der Waals surface area contributed by atoms with Crippen molar-refractivity contribution in [1.29, 1.82) is 5.41 Å². The number of amides is 1. The van der Waals surface area contributed by atoms with E-state index in [1.165, 1.54) is 12.6 Å². The van der Waals surface area contributed by atoms with Crippen LogP contribution in [0.25, 0.3) is 16.6 Å². The maximum absolute atomic E-state index is 12.2. The third-order valence-electron chi connectivity index (χ3n) is 4.21. The first-order valence-electron chi connectivity index (χ1n) is 8.32. The van der Waals surface area contributed by atoms with Gasteiger partial charge in [-0.25, -0.2) is 4.98 Å². The van der Waals surface area contributed by atoms with Crippen LogP contribution in [0.1, 0.15) is 24.8 Å². The summed E-state index contributed by atoms with van der Waals surface area (Å²) in [5.41, 5.74) is 2.78. The molecule has 2 aromatic heterocycles. The number of halogens is 1. The molecule has 1 amide bonds. The summed E-state index contributed by atoms with van der Waals surface area (Å²) < 4.78 is 0. The highest BCUT2D eigenvalue weighted by atomic mass is 35.5. The molecule has 0 radical (unpaired) electrons. The molecule has 0 atom stereocenters. The Bertz CT molecular complexity index is 814. The highest BCUT2D eigenvalue weighted by Gasteiger charge is 2.15. The van der Waals surface area contributed by atoms with Gasteiger partial charge in [-0.3, -0.25) is 9.78 Å². The van der Waals surface area contributed by atoms with Crippen LogP contribution in [0, 0.1) is 5.41 Å². The van der Waals surface area contributed by atoms with Crippen LogP contribution < -0.4 is 5.32 Å². The highest BCUT2D eigenvalue weighted by Crippen LogP contribution is 2.18. The van der Waals surface area contributed by atoms with Gasteiger partial charge in [0.2, 0.25) is 5.91 Å². The summed E-state index contributed by atoms with van der Waals surface area (Å²) in [6, 6.07) is 5.33. The molecule has 0 saturated carbocycles. The summed E-state index contributed by atoms with van der Waals surface area (Å²) in [6.07, 6.45) is 7.93. The lowest BCUT2D eigenvalue weighted by Gasteiger charge is -2.26. The van der Waals surface area contributed by atoms with Crippen LogP contribution in [0.3, 0.4) is 0 Å². The minimum Gasteiger partial charge on any atom is -0.382 e. The quantitative estimate of drug-likeness (QED) is 0.636. The van der Waals surface area contributed by atoms with Gasteiger partial charge < -0.3 is 15.6 Å². The van der Waals surface area contributed by atoms with Crippen LogP contribution in [0.15, 0.2) is 30.6 Å². The third kappa shape index (κ3) is 4.33. The summed E-state index contributed by atoms with van der Waals surface area (Å²) >= 11 is 5.92. The second-order valence-electron chi connectivity index (χ2n) is 5.96. The Balaban J connectivity index is 1.69. The minimum absolute atomic E-state index is 0.0883. The molecular formula is C18H20ClN5O. The zero-order chi connectivity index (χ0) is 17.6. The molecule has 130 valence electrons. The van der Waals surface area contributed by atoms with Crippen LogP contribution in [0.4, 0.5) is 0 Å². The zero-order valence-corrected chi connectivity index (χ0v) is 14.6. The first kappa shape index (κ1) is 17.4. The van der Waals surface area contributed by atoms with Gasteiger partial charge in [-0.15, -0.1) is 0 Å². The summed E-state index contributed by atoms with van der Waals surface area (Å²) in [5.74, 6) is 0.0883. The van der Waals surface area contributed by atoms with Crippen LogP contribution >= 0.6 is 11.6 Å². The fraction of sp³-hybridized carbons (Fsp3) is 0.333. The van der Waals surface area contributed by atoms with Crippen molar-refractivity contribution in [1.82, 2.24) is 20.2 Å². The molecule has 3 rings (SSSR count). The molecule has 0 aliphatic carbocycles. The molecular weight excluding hydrogens is 338 g/mol. The number of allylic oxidation sites excluding steroid dienone is 1. The van der Waals surface area contributed by atoms with Crippen molar-refractivity contribution >= 4 is 40.3 Å². The lowest BCUT2D eigenvalue weighted by atomic mass is 10.1. The Kier molecular flexibility index (Phi) is 5.60. The Labute approximate surface area is 151 Å². The fourth-order valence-corrected chi connectivity index (χ4v) is 3.01. The van der Waals surface area contributed by atoms with Crippen molar-refractivity contribution in [3.8, 4) is 0 Å². The molecule has 1 aliphatic rings. The number of carbonyl (C=O) groups is 1. The number of nitrogens with one attached hydrogen (secondary N) is 2. The van der Waals surface area contributed by atoms with E-state index in [0.717, 1.165) is 37.0 Å². The summed E-state index contributed by atoms with van der Waals surface area (Å²) in [5, 5.41) is 11.0. The molecule has 1 aliphatic heterocycles. The molecule has 6 nitrogen and oxygen atoms in total. The topological polar surface area (TPSA) is 82.0 Å². The predicted molar refractivity (Wildman–Crippen MR) is 99.7 cm³/mol. The van der Waals surface area contributed by atoms with E-state index in [2.05, 4.69) is 15.3 Å². The van der Waals surface area contributed by atoms with Gasteiger partial charge in [-0.2, -0.15) is 0 Å². The first-order valence-corrected chi connectivity index (χ1v) is 8.69. The second kappa shape index (κ2) is 8.07. The average Bonchev–Trinajstić information content (AvgIpc) is 2.65. The van der Waals surface area contributed by atoms with Gasteiger partial charge in [0.05, 0.1) is 17.6 Å². The molecule has 25 heavy (non-hydrogen) atoms. The summed E-state index contributed by atoms with van der Waals surface area (Å²) in [6.45, 7) is 1.90. The number of fused-ring (bicyclic) bond motifs is 1. The molecule has 0 spiro atoms. The number of pyridine rings is 2. The van der Waals surface area contributed by atoms with E-state index in [4.69, 9.17) is 17.0 Å². The lowest BCUT2D eigenvalue weighted by molar-refractivity contribution is -0.130. The van der Waals surface area contributed by atoms with E-state index >= 15 is 0 Å². The molecule has 0 unspecified atom stereocenters. The van der Waals surface area contributed by atoms with Gasteiger partial charge in [0, 0.05) is 42.8 Å². The maximum Gasteiger partial charge on any atom is 0.241 e. The molecule has 2 aromatic rings. The van der Waals surface area contributed by atoms with E-state index in [0.29, 0.717) is 16.2 Å². The lowest BCUT2D eigenvalue weighted by Crippen LogP contribution is -2.40.